The maximum absolute atomic E-state index is 12.6. The van der Waals surface area contributed by atoms with Crippen LogP contribution in [0.4, 0.5) is 0 Å². The zero-order valence-corrected chi connectivity index (χ0v) is 12.3. The van der Waals surface area contributed by atoms with E-state index in [1.807, 2.05) is 13.0 Å². The molecule has 0 amide bonds. The lowest BCUT2D eigenvalue weighted by atomic mass is 10.1. The molecule has 0 aliphatic heterocycles. The minimum absolute atomic E-state index is 0.116. The smallest absolute Gasteiger partial charge is 0.372 e. The number of hydrogen-bond acceptors (Lipinski definition) is 4. The molecule has 1 heterocycles. The summed E-state index contributed by atoms with van der Waals surface area (Å²) < 4.78 is 5.44. The molecule has 0 unspecified atom stereocenters. The van der Waals surface area contributed by atoms with Gasteiger partial charge in [0.25, 0.3) is 5.91 Å². The zero-order valence-electron chi connectivity index (χ0n) is 11.5. The third kappa shape index (κ3) is 2.35. The number of halogens is 1. The highest BCUT2D eigenvalue weighted by atomic mass is 35.5. The van der Waals surface area contributed by atoms with E-state index in [1.54, 1.807) is 18.2 Å². The summed E-state index contributed by atoms with van der Waals surface area (Å²) in [5.41, 5.74) is 0.515. The molecule has 0 saturated heterocycles. The van der Waals surface area contributed by atoms with Crippen LogP contribution in [0.2, 0.25) is 5.02 Å². The molecule has 1 aromatic heterocycles. The van der Waals surface area contributed by atoms with E-state index in [1.165, 1.54) is 18.2 Å². The predicted octanol–water partition coefficient (Wildman–Crippen LogP) is 2.61. The third-order valence-corrected chi connectivity index (χ3v) is 3.49. The number of nitrogens with zero attached hydrogens (tertiary/aromatic N) is 1. The Morgan fingerprint density at radius 3 is 2.64 bits per heavy atom. The van der Waals surface area contributed by atoms with Gasteiger partial charge >= 0.3 is 11.4 Å². The van der Waals surface area contributed by atoms with Crippen molar-refractivity contribution in [2.24, 2.45) is 0 Å². The van der Waals surface area contributed by atoms with Crippen molar-refractivity contribution in [3.05, 3.63) is 79.6 Å². The second kappa shape index (κ2) is 5.27. The number of aryl methyl sites for hydroxylation is 1. The number of hydrogen-bond donors (Lipinski definition) is 0. The molecule has 0 radical (unpaired) electrons. The molecule has 0 aliphatic carbocycles. The van der Waals surface area contributed by atoms with Crippen LogP contribution >= 0.6 is 11.6 Å². The Morgan fingerprint density at radius 1 is 1.14 bits per heavy atom. The fourth-order valence-electron chi connectivity index (χ4n) is 2.24. The van der Waals surface area contributed by atoms with Gasteiger partial charge in [0.2, 0.25) is 0 Å². The SMILES string of the molecule is Cc1cccc(C(=O)n2c(=O)oc(=O)c3ccc(Cl)cc32)c1. The molecule has 3 rings (SSSR count). The van der Waals surface area contributed by atoms with Gasteiger partial charge in [-0.1, -0.05) is 29.3 Å². The molecule has 0 saturated carbocycles. The van der Waals surface area contributed by atoms with Gasteiger partial charge in [0.05, 0.1) is 10.9 Å². The molecule has 0 spiro atoms. The zero-order chi connectivity index (χ0) is 15.9. The highest BCUT2D eigenvalue weighted by Crippen LogP contribution is 2.17. The Kier molecular flexibility index (Phi) is 3.42. The second-order valence-electron chi connectivity index (χ2n) is 4.83. The fraction of sp³-hybridized carbons (Fsp3) is 0.0625. The third-order valence-electron chi connectivity index (χ3n) is 3.25. The molecule has 5 nitrogen and oxygen atoms in total. The van der Waals surface area contributed by atoms with Gasteiger partial charge in [-0.2, -0.15) is 0 Å². The second-order valence-corrected chi connectivity index (χ2v) is 5.26. The Hall–Kier alpha value is -2.66. The van der Waals surface area contributed by atoms with E-state index >= 15 is 0 Å². The van der Waals surface area contributed by atoms with Crippen LogP contribution in [0.1, 0.15) is 15.9 Å². The van der Waals surface area contributed by atoms with E-state index < -0.39 is 17.3 Å². The van der Waals surface area contributed by atoms with Crippen molar-refractivity contribution >= 4 is 28.4 Å². The molecule has 0 bridgehead atoms. The van der Waals surface area contributed by atoms with Gasteiger partial charge in [0, 0.05) is 10.6 Å². The van der Waals surface area contributed by atoms with E-state index in [4.69, 9.17) is 11.6 Å². The lowest BCUT2D eigenvalue weighted by molar-refractivity contribution is 0.0951. The topological polar surface area (TPSA) is 69.3 Å². The van der Waals surface area contributed by atoms with Gasteiger partial charge in [-0.3, -0.25) is 4.79 Å². The minimum Gasteiger partial charge on any atom is -0.372 e. The summed E-state index contributed by atoms with van der Waals surface area (Å²) in [6.07, 6.45) is 0. The van der Waals surface area contributed by atoms with Gasteiger partial charge < -0.3 is 4.42 Å². The van der Waals surface area contributed by atoms with Gasteiger partial charge in [-0.05, 0) is 37.3 Å². The Morgan fingerprint density at radius 2 is 1.91 bits per heavy atom. The monoisotopic (exact) mass is 315 g/mol. The molecule has 0 N–H and O–H groups in total. The highest BCUT2D eigenvalue weighted by molar-refractivity contribution is 6.31. The fourth-order valence-corrected chi connectivity index (χ4v) is 2.41. The molecule has 3 aromatic rings. The van der Waals surface area contributed by atoms with E-state index in [0.29, 0.717) is 10.6 Å². The van der Waals surface area contributed by atoms with Crippen LogP contribution < -0.4 is 11.4 Å². The van der Waals surface area contributed by atoms with Crippen LogP contribution in [-0.2, 0) is 0 Å². The Bertz CT molecular complexity index is 1020. The predicted molar refractivity (Wildman–Crippen MR) is 82.7 cm³/mol. The first-order chi connectivity index (χ1) is 10.5. The van der Waals surface area contributed by atoms with Crippen molar-refractivity contribution in [3.8, 4) is 0 Å². The van der Waals surface area contributed by atoms with Crippen LogP contribution in [0.25, 0.3) is 10.9 Å². The summed E-state index contributed by atoms with van der Waals surface area (Å²) in [6.45, 7) is 1.83. The maximum Gasteiger partial charge on any atom is 0.429 e. The van der Waals surface area contributed by atoms with E-state index in [9.17, 15) is 14.4 Å². The standard InChI is InChI=1S/C16H10ClNO4/c1-9-3-2-4-10(7-9)14(19)18-13-8-11(17)5-6-12(13)15(20)22-16(18)21/h2-8H,1H3. The van der Waals surface area contributed by atoms with Gasteiger partial charge in [-0.15, -0.1) is 0 Å². The molecular weight excluding hydrogens is 306 g/mol. The number of carbonyl (C=O) groups is 1. The van der Waals surface area contributed by atoms with Crippen molar-refractivity contribution in [1.29, 1.82) is 0 Å². The largest absolute Gasteiger partial charge is 0.429 e. The summed E-state index contributed by atoms with van der Waals surface area (Å²) in [6, 6.07) is 11.1. The first-order valence-corrected chi connectivity index (χ1v) is 6.82. The number of benzene rings is 2. The van der Waals surface area contributed by atoms with Crippen molar-refractivity contribution in [3.63, 3.8) is 0 Å². The van der Waals surface area contributed by atoms with Crippen molar-refractivity contribution in [1.82, 2.24) is 4.57 Å². The quantitative estimate of drug-likeness (QED) is 0.692. The van der Waals surface area contributed by atoms with Crippen molar-refractivity contribution in [2.45, 2.75) is 6.92 Å². The number of aromatic nitrogens is 1. The average Bonchev–Trinajstić information content (AvgIpc) is 2.46. The van der Waals surface area contributed by atoms with Crippen LogP contribution in [-0.4, -0.2) is 10.5 Å². The van der Waals surface area contributed by atoms with Crippen LogP contribution in [0.5, 0.6) is 0 Å². The first-order valence-electron chi connectivity index (χ1n) is 6.44. The van der Waals surface area contributed by atoms with Crippen LogP contribution in [0.3, 0.4) is 0 Å². The van der Waals surface area contributed by atoms with Crippen LogP contribution in [0.15, 0.2) is 56.5 Å². The van der Waals surface area contributed by atoms with E-state index in [0.717, 1.165) is 10.1 Å². The first kappa shape index (κ1) is 14.3. The molecule has 110 valence electrons. The lowest BCUT2D eigenvalue weighted by Gasteiger charge is -2.08. The van der Waals surface area contributed by atoms with Crippen molar-refractivity contribution in [2.75, 3.05) is 0 Å². The van der Waals surface area contributed by atoms with Gasteiger partial charge in [0.15, 0.2) is 0 Å². The number of carbonyl (C=O) groups excluding carboxylic acids is 1. The molecular formula is C16H10ClNO4. The number of fused-ring (bicyclic) bond motifs is 1. The highest BCUT2D eigenvalue weighted by Gasteiger charge is 2.17. The average molecular weight is 316 g/mol. The maximum atomic E-state index is 12.6. The minimum atomic E-state index is -1.04. The summed E-state index contributed by atoms with van der Waals surface area (Å²) in [7, 11) is 0. The van der Waals surface area contributed by atoms with E-state index in [2.05, 4.69) is 4.42 Å². The summed E-state index contributed by atoms with van der Waals surface area (Å²) in [4.78, 5) is 36.4. The normalized spacial score (nSPS) is 10.8. The molecule has 22 heavy (non-hydrogen) atoms. The Labute approximate surface area is 129 Å². The van der Waals surface area contributed by atoms with Gasteiger partial charge in [0.1, 0.15) is 0 Å². The Balaban J connectivity index is 2.35. The molecule has 0 aliphatic rings. The van der Waals surface area contributed by atoms with Crippen LogP contribution in [0, 0.1) is 6.92 Å². The molecule has 0 fully saturated rings. The molecule has 6 heteroatoms. The van der Waals surface area contributed by atoms with Gasteiger partial charge in [-0.25, -0.2) is 14.2 Å². The van der Waals surface area contributed by atoms with E-state index in [-0.39, 0.29) is 10.9 Å². The van der Waals surface area contributed by atoms with Crippen molar-refractivity contribution < 1.29 is 9.21 Å². The number of rotatable bonds is 1. The summed E-state index contributed by atoms with van der Waals surface area (Å²) in [5, 5.41) is 0.424. The summed E-state index contributed by atoms with van der Waals surface area (Å²) >= 11 is 5.91. The molecule has 0 atom stereocenters. The summed E-state index contributed by atoms with van der Waals surface area (Å²) in [5.74, 6) is -1.61. The molecule has 2 aromatic carbocycles. The lowest BCUT2D eigenvalue weighted by Crippen LogP contribution is -2.30.